The fourth-order valence-corrected chi connectivity index (χ4v) is 2.91. The van der Waals surface area contributed by atoms with E-state index in [2.05, 4.69) is 11.8 Å². The van der Waals surface area contributed by atoms with Gasteiger partial charge in [-0.05, 0) is 45.2 Å². The Balaban J connectivity index is 1.89. The minimum Gasteiger partial charge on any atom is -0.462 e. The number of esters is 1. The lowest BCUT2D eigenvalue weighted by Gasteiger charge is -2.24. The molecule has 16 heavy (non-hydrogen) atoms. The van der Waals surface area contributed by atoms with Crippen LogP contribution < -0.4 is 0 Å². The van der Waals surface area contributed by atoms with Crippen molar-refractivity contribution in [3.8, 4) is 0 Å². The van der Waals surface area contributed by atoms with Crippen LogP contribution in [-0.4, -0.2) is 36.1 Å². The number of carbonyl (C=O) groups excluding carboxylic acids is 1. The van der Waals surface area contributed by atoms with Gasteiger partial charge in [-0.25, -0.2) is 0 Å². The van der Waals surface area contributed by atoms with Crippen molar-refractivity contribution >= 4 is 5.97 Å². The van der Waals surface area contributed by atoms with E-state index in [0.717, 1.165) is 25.7 Å². The molecule has 2 fully saturated rings. The molecule has 0 aromatic heterocycles. The van der Waals surface area contributed by atoms with Crippen molar-refractivity contribution in [2.24, 2.45) is 0 Å². The van der Waals surface area contributed by atoms with E-state index in [-0.39, 0.29) is 12.1 Å². The van der Waals surface area contributed by atoms with Gasteiger partial charge in [0.25, 0.3) is 0 Å². The van der Waals surface area contributed by atoms with Crippen LogP contribution in [0.2, 0.25) is 0 Å². The zero-order valence-corrected chi connectivity index (χ0v) is 10.3. The molecule has 0 aliphatic carbocycles. The summed E-state index contributed by atoms with van der Waals surface area (Å²) in [6, 6.07) is 0.455. The first-order chi connectivity index (χ1) is 7.79. The van der Waals surface area contributed by atoms with Crippen LogP contribution in [-0.2, 0) is 9.53 Å². The van der Waals surface area contributed by atoms with Gasteiger partial charge in [0.05, 0.1) is 6.42 Å². The molecular weight excluding hydrogens is 202 g/mol. The van der Waals surface area contributed by atoms with Gasteiger partial charge in [-0.15, -0.1) is 0 Å². The minimum atomic E-state index is 0.0212. The third-order valence-corrected chi connectivity index (χ3v) is 3.79. The van der Waals surface area contributed by atoms with Gasteiger partial charge in [-0.1, -0.05) is 13.3 Å². The number of cyclic esters (lactones) is 1. The topological polar surface area (TPSA) is 29.5 Å². The maximum absolute atomic E-state index is 11.7. The number of carbonyl (C=O) groups is 1. The van der Waals surface area contributed by atoms with Gasteiger partial charge in [0.15, 0.2) is 0 Å². The Hall–Kier alpha value is -0.570. The van der Waals surface area contributed by atoms with Gasteiger partial charge in [-0.2, -0.15) is 0 Å². The fourth-order valence-electron chi connectivity index (χ4n) is 2.91. The third-order valence-electron chi connectivity index (χ3n) is 3.79. The molecule has 0 radical (unpaired) electrons. The second kappa shape index (κ2) is 5.67. The second-order valence-corrected chi connectivity index (χ2v) is 5.08. The van der Waals surface area contributed by atoms with Gasteiger partial charge >= 0.3 is 5.97 Å². The smallest absolute Gasteiger partial charge is 0.307 e. The summed E-state index contributed by atoms with van der Waals surface area (Å²) in [6.45, 7) is 4.50. The van der Waals surface area contributed by atoms with Crippen LogP contribution in [0.4, 0.5) is 0 Å². The van der Waals surface area contributed by atoms with Crippen LogP contribution in [0.15, 0.2) is 0 Å². The largest absolute Gasteiger partial charge is 0.462 e. The molecule has 0 spiro atoms. The van der Waals surface area contributed by atoms with Gasteiger partial charge < -0.3 is 4.74 Å². The number of likely N-dealkylation sites (tertiary alicyclic amines) is 1. The normalized spacial score (nSPS) is 32.4. The summed E-state index contributed by atoms with van der Waals surface area (Å²) in [7, 11) is 0. The third kappa shape index (κ3) is 2.97. The Morgan fingerprint density at radius 3 is 2.75 bits per heavy atom. The van der Waals surface area contributed by atoms with Crippen molar-refractivity contribution in [2.75, 3.05) is 13.1 Å². The maximum Gasteiger partial charge on any atom is 0.307 e. The van der Waals surface area contributed by atoms with Gasteiger partial charge in [0.2, 0.25) is 0 Å². The molecule has 92 valence electrons. The predicted octanol–water partition coefficient (Wildman–Crippen LogP) is 2.35. The quantitative estimate of drug-likeness (QED) is 0.690. The summed E-state index contributed by atoms with van der Waals surface area (Å²) in [5.41, 5.74) is 0. The monoisotopic (exact) mass is 225 g/mol. The number of rotatable bonds is 3. The summed E-state index contributed by atoms with van der Waals surface area (Å²) < 4.78 is 5.48. The van der Waals surface area contributed by atoms with Crippen LogP contribution in [0.3, 0.4) is 0 Å². The van der Waals surface area contributed by atoms with Crippen molar-refractivity contribution in [3.63, 3.8) is 0 Å². The van der Waals surface area contributed by atoms with E-state index in [1.54, 1.807) is 0 Å². The SMILES string of the molecule is CCCC1CCC(N2CCCC2)CC(=O)O1. The summed E-state index contributed by atoms with van der Waals surface area (Å²) in [5.74, 6) is 0.0212. The van der Waals surface area contributed by atoms with Gasteiger partial charge in [0.1, 0.15) is 6.10 Å². The summed E-state index contributed by atoms with van der Waals surface area (Å²) >= 11 is 0. The minimum absolute atomic E-state index is 0.0212. The molecule has 0 bridgehead atoms. The van der Waals surface area contributed by atoms with Crippen LogP contribution in [0.5, 0.6) is 0 Å². The number of hydrogen-bond donors (Lipinski definition) is 0. The average Bonchev–Trinajstić information content (AvgIpc) is 2.71. The molecule has 2 aliphatic rings. The zero-order valence-electron chi connectivity index (χ0n) is 10.3. The molecule has 2 atom stereocenters. The second-order valence-electron chi connectivity index (χ2n) is 5.08. The fraction of sp³-hybridized carbons (Fsp3) is 0.923. The predicted molar refractivity (Wildman–Crippen MR) is 63.2 cm³/mol. The van der Waals surface area contributed by atoms with E-state index in [0.29, 0.717) is 12.5 Å². The van der Waals surface area contributed by atoms with Crippen LogP contribution in [0, 0.1) is 0 Å². The molecule has 2 aliphatic heterocycles. The molecular formula is C13H23NO2. The van der Waals surface area contributed by atoms with Gasteiger partial charge in [-0.3, -0.25) is 9.69 Å². The highest BCUT2D eigenvalue weighted by Gasteiger charge is 2.29. The Morgan fingerprint density at radius 1 is 1.31 bits per heavy atom. The summed E-state index contributed by atoms with van der Waals surface area (Å²) in [5, 5.41) is 0. The first kappa shape index (κ1) is 11.9. The first-order valence-electron chi connectivity index (χ1n) is 6.73. The first-order valence-corrected chi connectivity index (χ1v) is 6.73. The lowest BCUT2D eigenvalue weighted by molar-refractivity contribution is -0.148. The van der Waals surface area contributed by atoms with Gasteiger partial charge in [0, 0.05) is 6.04 Å². The standard InChI is InChI=1S/C13H23NO2/c1-2-5-12-7-6-11(10-13(15)16-12)14-8-3-4-9-14/h11-12H,2-10H2,1H3. The van der Waals surface area contributed by atoms with E-state index >= 15 is 0 Å². The van der Waals surface area contributed by atoms with Crippen molar-refractivity contribution in [2.45, 2.75) is 64.0 Å². The Kier molecular flexibility index (Phi) is 4.22. The molecule has 3 heteroatoms. The average molecular weight is 225 g/mol. The molecule has 0 aromatic carbocycles. The zero-order chi connectivity index (χ0) is 11.4. The van der Waals surface area contributed by atoms with E-state index in [4.69, 9.17) is 4.74 Å². The molecule has 2 unspecified atom stereocenters. The summed E-state index contributed by atoms with van der Waals surface area (Å²) in [4.78, 5) is 14.2. The van der Waals surface area contributed by atoms with Crippen LogP contribution >= 0.6 is 0 Å². The molecule has 0 N–H and O–H groups in total. The van der Waals surface area contributed by atoms with E-state index in [9.17, 15) is 4.79 Å². The van der Waals surface area contributed by atoms with Crippen molar-refractivity contribution < 1.29 is 9.53 Å². The van der Waals surface area contributed by atoms with E-state index in [1.165, 1.54) is 25.9 Å². The Bertz CT molecular complexity index is 236. The Labute approximate surface area is 98.1 Å². The molecule has 2 heterocycles. The lowest BCUT2D eigenvalue weighted by Crippen LogP contribution is -2.33. The Morgan fingerprint density at radius 2 is 2.06 bits per heavy atom. The van der Waals surface area contributed by atoms with Crippen molar-refractivity contribution in [1.29, 1.82) is 0 Å². The van der Waals surface area contributed by atoms with E-state index < -0.39 is 0 Å². The number of nitrogens with zero attached hydrogens (tertiary/aromatic N) is 1. The van der Waals surface area contributed by atoms with Crippen LogP contribution in [0.1, 0.15) is 51.9 Å². The van der Waals surface area contributed by atoms with Crippen molar-refractivity contribution in [1.82, 2.24) is 4.90 Å². The van der Waals surface area contributed by atoms with Crippen molar-refractivity contribution in [3.05, 3.63) is 0 Å². The molecule has 0 aromatic rings. The molecule has 0 amide bonds. The highest BCUT2D eigenvalue weighted by Crippen LogP contribution is 2.24. The molecule has 2 rings (SSSR count). The van der Waals surface area contributed by atoms with Crippen LogP contribution in [0.25, 0.3) is 0 Å². The number of hydrogen-bond acceptors (Lipinski definition) is 3. The van der Waals surface area contributed by atoms with E-state index in [1.807, 2.05) is 0 Å². The maximum atomic E-state index is 11.7. The highest BCUT2D eigenvalue weighted by atomic mass is 16.5. The molecule has 2 saturated heterocycles. The molecule has 0 saturated carbocycles. The number of ether oxygens (including phenoxy) is 1. The lowest BCUT2D eigenvalue weighted by atomic mass is 10.0. The highest BCUT2D eigenvalue weighted by molar-refractivity contribution is 5.70. The summed E-state index contributed by atoms with van der Waals surface area (Å²) in [6.07, 6.45) is 7.71. The molecule has 3 nitrogen and oxygen atoms in total.